The highest BCUT2D eigenvalue weighted by atomic mass is 35.5. The van der Waals surface area contributed by atoms with E-state index in [4.69, 9.17) is 0 Å². The first kappa shape index (κ1) is 19.7. The van der Waals surface area contributed by atoms with E-state index in [-0.39, 0.29) is 30.1 Å². The van der Waals surface area contributed by atoms with Crippen molar-refractivity contribution < 1.29 is 9.59 Å². The van der Waals surface area contributed by atoms with E-state index in [1.54, 1.807) is 4.90 Å². The maximum atomic E-state index is 12.8. The van der Waals surface area contributed by atoms with Crippen LogP contribution in [-0.4, -0.2) is 49.9 Å². The van der Waals surface area contributed by atoms with Crippen LogP contribution in [0.4, 0.5) is 5.69 Å². The van der Waals surface area contributed by atoms with Crippen LogP contribution in [0, 0.1) is 25.7 Å². The molecule has 1 N–H and O–H groups in total. The summed E-state index contributed by atoms with van der Waals surface area (Å²) in [6.07, 6.45) is 1.38. The highest BCUT2D eigenvalue weighted by Gasteiger charge is 2.39. The van der Waals surface area contributed by atoms with Gasteiger partial charge in [0.15, 0.2) is 0 Å². The fraction of sp³-hybridized carbons (Fsp3) is 0.579. The van der Waals surface area contributed by atoms with Gasteiger partial charge in [-0.05, 0) is 57.0 Å². The summed E-state index contributed by atoms with van der Waals surface area (Å²) in [6.45, 7) is 7.17. The molecule has 0 radical (unpaired) electrons. The molecule has 1 aromatic rings. The number of halogens is 1. The summed E-state index contributed by atoms with van der Waals surface area (Å²) in [6, 6.07) is 6.00. The monoisotopic (exact) mass is 365 g/mol. The SMILES string of the molecule is CNCC1CCN(C(=O)C2CC(=O)N(c3cccc(C)c3C)C2)C1.Cl. The van der Waals surface area contributed by atoms with Crippen molar-refractivity contribution in [3.8, 4) is 0 Å². The molecule has 0 saturated carbocycles. The maximum absolute atomic E-state index is 12.8. The van der Waals surface area contributed by atoms with Crippen LogP contribution in [0.1, 0.15) is 24.0 Å². The van der Waals surface area contributed by atoms with Gasteiger partial charge < -0.3 is 15.1 Å². The van der Waals surface area contributed by atoms with Gasteiger partial charge in [-0.25, -0.2) is 0 Å². The fourth-order valence-corrected chi connectivity index (χ4v) is 3.88. The lowest BCUT2D eigenvalue weighted by atomic mass is 10.1. The minimum absolute atomic E-state index is 0. The standard InChI is InChI=1S/C19H27N3O2.ClH/c1-13-5-4-6-17(14(13)2)22-12-16(9-18(22)23)19(24)21-8-7-15(11-21)10-20-3;/h4-6,15-16,20H,7-12H2,1-3H3;1H. The van der Waals surface area contributed by atoms with E-state index in [0.717, 1.165) is 37.3 Å². The summed E-state index contributed by atoms with van der Waals surface area (Å²) in [7, 11) is 1.95. The number of amides is 2. The summed E-state index contributed by atoms with van der Waals surface area (Å²) in [5.41, 5.74) is 3.24. The van der Waals surface area contributed by atoms with Crippen LogP contribution in [0.2, 0.25) is 0 Å². The summed E-state index contributed by atoms with van der Waals surface area (Å²) in [5, 5.41) is 3.19. The van der Waals surface area contributed by atoms with Crippen molar-refractivity contribution in [2.45, 2.75) is 26.7 Å². The molecule has 0 aliphatic carbocycles. The van der Waals surface area contributed by atoms with Gasteiger partial charge in [0.2, 0.25) is 11.8 Å². The number of rotatable bonds is 4. The zero-order valence-corrected chi connectivity index (χ0v) is 16.1. The second-order valence-electron chi connectivity index (χ2n) is 7.12. The van der Waals surface area contributed by atoms with E-state index < -0.39 is 0 Å². The highest BCUT2D eigenvalue weighted by molar-refractivity contribution is 6.01. The van der Waals surface area contributed by atoms with Crippen LogP contribution >= 0.6 is 12.4 Å². The van der Waals surface area contributed by atoms with Gasteiger partial charge in [0.05, 0.1) is 5.92 Å². The van der Waals surface area contributed by atoms with Gasteiger partial charge >= 0.3 is 0 Å². The van der Waals surface area contributed by atoms with Crippen LogP contribution in [0.15, 0.2) is 18.2 Å². The smallest absolute Gasteiger partial charge is 0.228 e. The number of carbonyl (C=O) groups is 2. The largest absolute Gasteiger partial charge is 0.342 e. The normalized spacial score (nSPS) is 23.1. The summed E-state index contributed by atoms with van der Waals surface area (Å²) < 4.78 is 0. The van der Waals surface area contributed by atoms with Crippen molar-refractivity contribution in [2.24, 2.45) is 11.8 Å². The molecule has 2 heterocycles. The zero-order chi connectivity index (χ0) is 17.3. The Balaban J connectivity index is 0.00000225. The summed E-state index contributed by atoms with van der Waals surface area (Å²) >= 11 is 0. The van der Waals surface area contributed by atoms with Crippen molar-refractivity contribution in [3.63, 3.8) is 0 Å². The molecule has 2 fully saturated rings. The Morgan fingerprint density at radius 3 is 2.76 bits per heavy atom. The zero-order valence-electron chi connectivity index (χ0n) is 15.2. The predicted molar refractivity (Wildman–Crippen MR) is 102 cm³/mol. The molecule has 138 valence electrons. The molecule has 2 amide bonds. The van der Waals surface area contributed by atoms with Gasteiger partial charge in [0.1, 0.15) is 0 Å². The molecular formula is C19H28ClN3O2. The minimum Gasteiger partial charge on any atom is -0.342 e. The molecule has 2 atom stereocenters. The number of hydrogen-bond donors (Lipinski definition) is 1. The fourth-order valence-electron chi connectivity index (χ4n) is 3.88. The molecule has 1 aromatic carbocycles. The van der Waals surface area contributed by atoms with E-state index in [0.29, 0.717) is 18.9 Å². The molecule has 3 rings (SSSR count). The number of likely N-dealkylation sites (tertiary alicyclic amines) is 1. The van der Waals surface area contributed by atoms with Crippen molar-refractivity contribution in [1.82, 2.24) is 10.2 Å². The number of aryl methyl sites for hydroxylation is 1. The van der Waals surface area contributed by atoms with Gasteiger partial charge in [-0.3, -0.25) is 9.59 Å². The van der Waals surface area contributed by atoms with Crippen LogP contribution in [0.5, 0.6) is 0 Å². The van der Waals surface area contributed by atoms with E-state index in [9.17, 15) is 9.59 Å². The Morgan fingerprint density at radius 1 is 1.28 bits per heavy atom. The third-order valence-electron chi connectivity index (χ3n) is 5.43. The van der Waals surface area contributed by atoms with Crippen molar-refractivity contribution >= 4 is 29.9 Å². The first-order valence-electron chi connectivity index (χ1n) is 8.81. The second-order valence-corrected chi connectivity index (χ2v) is 7.12. The molecule has 0 spiro atoms. The molecular weight excluding hydrogens is 338 g/mol. The molecule has 25 heavy (non-hydrogen) atoms. The average Bonchev–Trinajstić information content (AvgIpc) is 3.17. The predicted octanol–water partition coefficient (Wildman–Crippen LogP) is 2.15. The quantitative estimate of drug-likeness (QED) is 0.889. The molecule has 2 aliphatic heterocycles. The van der Waals surface area contributed by atoms with E-state index in [1.807, 2.05) is 44.0 Å². The molecule has 0 aromatic heterocycles. The summed E-state index contributed by atoms with van der Waals surface area (Å²) in [5.74, 6) is 0.541. The Morgan fingerprint density at radius 2 is 2.04 bits per heavy atom. The van der Waals surface area contributed by atoms with Crippen LogP contribution < -0.4 is 10.2 Å². The lowest BCUT2D eigenvalue weighted by molar-refractivity contribution is -0.134. The van der Waals surface area contributed by atoms with E-state index in [2.05, 4.69) is 5.32 Å². The minimum atomic E-state index is -0.203. The Kier molecular flexibility index (Phi) is 6.47. The average molecular weight is 366 g/mol. The third-order valence-corrected chi connectivity index (χ3v) is 5.43. The molecule has 2 unspecified atom stereocenters. The van der Waals surface area contributed by atoms with Crippen molar-refractivity contribution in [1.29, 1.82) is 0 Å². The van der Waals surface area contributed by atoms with Gasteiger partial charge in [-0.1, -0.05) is 12.1 Å². The molecule has 0 bridgehead atoms. The Hall–Kier alpha value is -1.59. The van der Waals surface area contributed by atoms with E-state index >= 15 is 0 Å². The molecule has 5 nitrogen and oxygen atoms in total. The van der Waals surface area contributed by atoms with Crippen LogP contribution in [0.25, 0.3) is 0 Å². The van der Waals surface area contributed by atoms with Crippen molar-refractivity contribution in [2.75, 3.05) is 38.1 Å². The first-order valence-corrected chi connectivity index (χ1v) is 8.81. The van der Waals surface area contributed by atoms with Gasteiger partial charge in [0, 0.05) is 31.7 Å². The van der Waals surface area contributed by atoms with Gasteiger partial charge in [0.25, 0.3) is 0 Å². The van der Waals surface area contributed by atoms with Gasteiger partial charge in [-0.15, -0.1) is 12.4 Å². The number of nitrogens with zero attached hydrogens (tertiary/aromatic N) is 2. The third kappa shape index (κ3) is 3.98. The highest BCUT2D eigenvalue weighted by Crippen LogP contribution is 2.31. The topological polar surface area (TPSA) is 52.7 Å². The van der Waals surface area contributed by atoms with Gasteiger partial charge in [-0.2, -0.15) is 0 Å². The number of carbonyl (C=O) groups excluding carboxylic acids is 2. The molecule has 2 aliphatic rings. The lowest BCUT2D eigenvalue weighted by Gasteiger charge is -2.22. The second kappa shape index (κ2) is 8.19. The Bertz CT molecular complexity index is 650. The molecule has 2 saturated heterocycles. The number of benzene rings is 1. The Labute approximate surface area is 156 Å². The number of anilines is 1. The summed E-state index contributed by atoms with van der Waals surface area (Å²) in [4.78, 5) is 29.0. The first-order chi connectivity index (χ1) is 11.5. The maximum Gasteiger partial charge on any atom is 0.228 e. The van der Waals surface area contributed by atoms with Crippen molar-refractivity contribution in [3.05, 3.63) is 29.3 Å². The molecule has 6 heteroatoms. The van der Waals surface area contributed by atoms with E-state index in [1.165, 1.54) is 5.56 Å². The van der Waals surface area contributed by atoms with Crippen LogP contribution in [0.3, 0.4) is 0 Å². The van der Waals surface area contributed by atoms with Crippen LogP contribution in [-0.2, 0) is 9.59 Å². The number of hydrogen-bond acceptors (Lipinski definition) is 3. The lowest BCUT2D eigenvalue weighted by Crippen LogP contribution is -2.36. The number of nitrogens with one attached hydrogen (secondary N) is 1.